The van der Waals surface area contributed by atoms with Crippen LogP contribution in [-0.4, -0.2) is 24.4 Å². The predicted molar refractivity (Wildman–Crippen MR) is 45.0 cm³/mol. The van der Waals surface area contributed by atoms with Gasteiger partial charge in [-0.25, -0.2) is 0 Å². The summed E-state index contributed by atoms with van der Waals surface area (Å²) in [5, 5.41) is 10.6. The van der Waals surface area contributed by atoms with E-state index in [9.17, 15) is 9.59 Å². The Morgan fingerprint density at radius 2 is 2.15 bits per heavy atom. The van der Waals surface area contributed by atoms with Crippen molar-refractivity contribution in [3.63, 3.8) is 0 Å². The van der Waals surface area contributed by atoms with Crippen molar-refractivity contribution < 1.29 is 9.59 Å². The van der Waals surface area contributed by atoms with Crippen molar-refractivity contribution in [2.75, 3.05) is 6.54 Å². The molecule has 2 amide bonds. The highest BCUT2D eigenvalue weighted by Crippen LogP contribution is 1.86. The average molecular weight is 184 g/mol. The zero-order valence-electron chi connectivity index (χ0n) is 7.12. The second kappa shape index (κ2) is 5.97. The lowest BCUT2D eigenvalue weighted by molar-refractivity contribution is -0.126. The maximum atomic E-state index is 11.0. The minimum absolute atomic E-state index is 0.182. The lowest BCUT2D eigenvalue weighted by atomic mass is 10.2. The van der Waals surface area contributed by atoms with E-state index in [0.29, 0.717) is 0 Å². The van der Waals surface area contributed by atoms with Crippen LogP contribution in [0.4, 0.5) is 0 Å². The van der Waals surface area contributed by atoms with Gasteiger partial charge in [0.05, 0.1) is 25.0 Å². The normalized spacial score (nSPS) is 11.4. The van der Waals surface area contributed by atoms with Crippen LogP contribution < -0.4 is 16.8 Å². The zero-order chi connectivity index (χ0) is 10.3. The fraction of sp³-hybridized carbons (Fsp3) is 0.571. The summed E-state index contributed by atoms with van der Waals surface area (Å²) in [6, 6.07) is 0.935. The highest BCUT2D eigenvalue weighted by atomic mass is 16.2. The predicted octanol–water partition coefficient (Wildman–Crippen LogP) is -1.78. The molecule has 0 aliphatic rings. The van der Waals surface area contributed by atoms with E-state index in [2.05, 4.69) is 5.32 Å². The number of hydrogen-bond donors (Lipinski definition) is 3. The Morgan fingerprint density at radius 3 is 2.62 bits per heavy atom. The van der Waals surface area contributed by atoms with Crippen LogP contribution in [0.15, 0.2) is 0 Å². The fourth-order valence-corrected chi connectivity index (χ4v) is 0.682. The van der Waals surface area contributed by atoms with Crippen molar-refractivity contribution in [2.24, 2.45) is 11.5 Å². The Hall–Kier alpha value is -1.61. The molecule has 0 aromatic rings. The first-order valence-electron chi connectivity index (χ1n) is 3.76. The van der Waals surface area contributed by atoms with Gasteiger partial charge in [-0.1, -0.05) is 0 Å². The number of amides is 2. The van der Waals surface area contributed by atoms with Crippen LogP contribution in [0.5, 0.6) is 0 Å². The van der Waals surface area contributed by atoms with Gasteiger partial charge in [0, 0.05) is 6.54 Å². The summed E-state index contributed by atoms with van der Waals surface area (Å²) >= 11 is 0. The van der Waals surface area contributed by atoms with Gasteiger partial charge in [0.25, 0.3) is 0 Å². The Morgan fingerprint density at radius 1 is 1.54 bits per heavy atom. The van der Waals surface area contributed by atoms with Crippen molar-refractivity contribution in [2.45, 2.75) is 18.9 Å². The number of nitrogens with one attached hydrogen (secondary N) is 1. The topological polar surface area (TPSA) is 122 Å². The van der Waals surface area contributed by atoms with Crippen LogP contribution >= 0.6 is 0 Å². The standard InChI is InChI=1S/C7H12N4O2/c8-2-1-3-11-7(13)5(9)4-6(10)12/h5H,1,3-4,9H2,(H2,10,12)(H,11,13). The number of nitrogens with zero attached hydrogens (tertiary/aromatic N) is 1. The third-order valence-corrected chi connectivity index (χ3v) is 1.29. The number of nitriles is 1. The van der Waals surface area contributed by atoms with Gasteiger partial charge in [-0.05, 0) is 0 Å². The molecule has 0 radical (unpaired) electrons. The Kier molecular flexibility index (Phi) is 5.23. The van der Waals surface area contributed by atoms with Gasteiger partial charge in [0.2, 0.25) is 11.8 Å². The molecule has 0 saturated heterocycles. The molecule has 6 nitrogen and oxygen atoms in total. The van der Waals surface area contributed by atoms with Crippen LogP contribution in [0, 0.1) is 11.3 Å². The van der Waals surface area contributed by atoms with E-state index >= 15 is 0 Å². The van der Waals surface area contributed by atoms with E-state index in [1.54, 1.807) is 0 Å². The van der Waals surface area contributed by atoms with E-state index in [1.165, 1.54) is 0 Å². The number of carbonyl (C=O) groups excluding carboxylic acids is 2. The SMILES string of the molecule is N#CCCNC(=O)C(N)CC(N)=O. The van der Waals surface area contributed by atoms with Gasteiger partial charge in [0.15, 0.2) is 0 Å². The molecule has 13 heavy (non-hydrogen) atoms. The number of primary amides is 1. The third-order valence-electron chi connectivity index (χ3n) is 1.29. The molecule has 0 spiro atoms. The van der Waals surface area contributed by atoms with E-state index in [4.69, 9.17) is 16.7 Å². The molecule has 1 unspecified atom stereocenters. The minimum atomic E-state index is -0.920. The summed E-state index contributed by atoms with van der Waals surface area (Å²) in [5.41, 5.74) is 10.1. The van der Waals surface area contributed by atoms with Gasteiger partial charge in [-0.15, -0.1) is 0 Å². The second-order valence-corrected chi connectivity index (χ2v) is 2.48. The average Bonchev–Trinajstić information content (AvgIpc) is 2.03. The molecule has 1 atom stereocenters. The zero-order valence-corrected chi connectivity index (χ0v) is 7.12. The molecule has 0 fully saturated rings. The van der Waals surface area contributed by atoms with Crippen molar-refractivity contribution in [1.29, 1.82) is 5.26 Å². The van der Waals surface area contributed by atoms with Gasteiger partial charge in [-0.3, -0.25) is 9.59 Å². The minimum Gasteiger partial charge on any atom is -0.370 e. The fourth-order valence-electron chi connectivity index (χ4n) is 0.682. The van der Waals surface area contributed by atoms with Crippen LogP contribution in [0.2, 0.25) is 0 Å². The van der Waals surface area contributed by atoms with Gasteiger partial charge in [0.1, 0.15) is 0 Å². The molecular weight excluding hydrogens is 172 g/mol. The second-order valence-electron chi connectivity index (χ2n) is 2.48. The molecule has 0 aliphatic heterocycles. The van der Waals surface area contributed by atoms with E-state index in [-0.39, 0.29) is 19.4 Å². The van der Waals surface area contributed by atoms with E-state index in [0.717, 1.165) is 0 Å². The number of carbonyl (C=O) groups is 2. The van der Waals surface area contributed by atoms with Crippen molar-refractivity contribution in [1.82, 2.24) is 5.32 Å². The summed E-state index contributed by atoms with van der Waals surface area (Å²) in [5.74, 6) is -1.09. The summed E-state index contributed by atoms with van der Waals surface area (Å²) in [4.78, 5) is 21.4. The number of hydrogen-bond acceptors (Lipinski definition) is 4. The van der Waals surface area contributed by atoms with Crippen molar-refractivity contribution >= 4 is 11.8 Å². The molecule has 6 heteroatoms. The molecule has 0 saturated carbocycles. The highest BCUT2D eigenvalue weighted by molar-refractivity contribution is 5.87. The molecule has 0 aliphatic carbocycles. The monoisotopic (exact) mass is 184 g/mol. The first kappa shape index (κ1) is 11.4. The highest BCUT2D eigenvalue weighted by Gasteiger charge is 2.14. The smallest absolute Gasteiger partial charge is 0.237 e. The van der Waals surface area contributed by atoms with Crippen LogP contribution in [-0.2, 0) is 9.59 Å². The Balaban J connectivity index is 3.71. The summed E-state index contributed by atoms with van der Waals surface area (Å²) in [7, 11) is 0. The first-order valence-corrected chi connectivity index (χ1v) is 3.76. The lowest BCUT2D eigenvalue weighted by Crippen LogP contribution is -2.43. The van der Waals surface area contributed by atoms with Gasteiger partial charge in [-0.2, -0.15) is 5.26 Å². The van der Waals surface area contributed by atoms with Crippen LogP contribution in [0.1, 0.15) is 12.8 Å². The Labute approximate surface area is 75.9 Å². The summed E-state index contributed by atoms with van der Waals surface area (Å²) in [6.45, 7) is 0.238. The molecular formula is C7H12N4O2. The largest absolute Gasteiger partial charge is 0.370 e. The molecule has 0 aromatic heterocycles. The lowest BCUT2D eigenvalue weighted by Gasteiger charge is -2.08. The van der Waals surface area contributed by atoms with Gasteiger partial charge < -0.3 is 16.8 Å². The van der Waals surface area contributed by atoms with E-state index < -0.39 is 17.9 Å². The Bertz CT molecular complexity index is 233. The number of rotatable bonds is 5. The first-order chi connectivity index (χ1) is 6.07. The summed E-state index contributed by atoms with van der Waals surface area (Å²) < 4.78 is 0. The van der Waals surface area contributed by atoms with Crippen LogP contribution in [0.3, 0.4) is 0 Å². The summed E-state index contributed by atoms with van der Waals surface area (Å²) in [6.07, 6.45) is 0.0351. The molecule has 0 rings (SSSR count). The van der Waals surface area contributed by atoms with E-state index in [1.807, 2.05) is 6.07 Å². The quantitative estimate of drug-likeness (QED) is 0.437. The molecule has 0 aromatic carbocycles. The molecule has 5 N–H and O–H groups in total. The van der Waals surface area contributed by atoms with Gasteiger partial charge >= 0.3 is 0 Å². The van der Waals surface area contributed by atoms with Crippen LogP contribution in [0.25, 0.3) is 0 Å². The maximum absolute atomic E-state index is 11.0. The number of nitrogens with two attached hydrogens (primary N) is 2. The maximum Gasteiger partial charge on any atom is 0.237 e. The third kappa shape index (κ3) is 5.64. The van der Waals surface area contributed by atoms with Crippen molar-refractivity contribution in [3.05, 3.63) is 0 Å². The molecule has 0 bridgehead atoms. The molecule has 0 heterocycles. The van der Waals surface area contributed by atoms with Crippen molar-refractivity contribution in [3.8, 4) is 6.07 Å². The molecule has 72 valence electrons.